The van der Waals surface area contributed by atoms with E-state index in [2.05, 4.69) is 0 Å². The van der Waals surface area contributed by atoms with E-state index in [1.807, 2.05) is 0 Å². The molecule has 3 N–H and O–H groups in total. The van der Waals surface area contributed by atoms with E-state index in [0.29, 0.717) is 6.54 Å². The van der Waals surface area contributed by atoms with E-state index < -0.39 is 5.60 Å². The van der Waals surface area contributed by atoms with Gasteiger partial charge in [0.15, 0.2) is 0 Å². The van der Waals surface area contributed by atoms with Gasteiger partial charge in [0.2, 0.25) is 0 Å². The quantitative estimate of drug-likeness (QED) is 0.658. The average molecular weight is 194 g/mol. The first-order chi connectivity index (χ1) is 5.27. The standard InChI is InChI=1S/C9H19NO.ClH/c10-8-7-9(11)5-3-1-2-4-6-9;/h11H,1-8,10H2;1H. The summed E-state index contributed by atoms with van der Waals surface area (Å²) in [6.07, 6.45) is 7.63. The van der Waals surface area contributed by atoms with E-state index in [0.717, 1.165) is 19.3 Å². The van der Waals surface area contributed by atoms with Crippen molar-refractivity contribution < 1.29 is 5.11 Å². The van der Waals surface area contributed by atoms with E-state index in [1.165, 1.54) is 25.7 Å². The molecule has 0 aromatic heterocycles. The molecular weight excluding hydrogens is 174 g/mol. The van der Waals surface area contributed by atoms with Crippen molar-refractivity contribution in [2.75, 3.05) is 6.54 Å². The van der Waals surface area contributed by atoms with Gasteiger partial charge in [0.25, 0.3) is 0 Å². The van der Waals surface area contributed by atoms with Crippen LogP contribution in [0.2, 0.25) is 0 Å². The van der Waals surface area contributed by atoms with Crippen LogP contribution >= 0.6 is 12.4 Å². The fourth-order valence-electron chi connectivity index (χ4n) is 1.91. The van der Waals surface area contributed by atoms with Crippen molar-refractivity contribution in [3.8, 4) is 0 Å². The van der Waals surface area contributed by atoms with Crippen LogP contribution in [0.1, 0.15) is 44.9 Å². The SMILES string of the molecule is Cl.NCCC1(O)CCCCCC1. The Hall–Kier alpha value is 0.210. The summed E-state index contributed by atoms with van der Waals surface area (Å²) in [5.41, 5.74) is 5.02. The first-order valence-corrected chi connectivity index (χ1v) is 4.69. The summed E-state index contributed by atoms with van der Waals surface area (Å²) in [4.78, 5) is 0. The van der Waals surface area contributed by atoms with Crippen LogP contribution in [0.4, 0.5) is 0 Å². The number of rotatable bonds is 2. The summed E-state index contributed by atoms with van der Waals surface area (Å²) < 4.78 is 0. The van der Waals surface area contributed by atoms with Gasteiger partial charge >= 0.3 is 0 Å². The normalized spacial score (nSPS) is 22.5. The molecule has 0 aromatic rings. The molecular formula is C9H20ClNO. The third-order valence-corrected chi connectivity index (χ3v) is 2.64. The van der Waals surface area contributed by atoms with Crippen LogP contribution in [0.15, 0.2) is 0 Å². The summed E-state index contributed by atoms with van der Waals surface area (Å²) in [5.74, 6) is 0. The Morgan fingerprint density at radius 1 is 1.08 bits per heavy atom. The minimum atomic E-state index is -0.411. The first kappa shape index (κ1) is 12.2. The lowest BCUT2D eigenvalue weighted by Gasteiger charge is -2.25. The third kappa shape index (κ3) is 3.74. The highest BCUT2D eigenvalue weighted by Crippen LogP contribution is 2.28. The van der Waals surface area contributed by atoms with Crippen LogP contribution in [0.3, 0.4) is 0 Å². The topological polar surface area (TPSA) is 46.2 Å². The molecule has 0 spiro atoms. The molecule has 0 radical (unpaired) electrons. The lowest BCUT2D eigenvalue weighted by atomic mass is 9.91. The molecule has 2 nitrogen and oxygen atoms in total. The molecule has 0 heterocycles. The van der Waals surface area contributed by atoms with Crippen molar-refractivity contribution in [1.29, 1.82) is 0 Å². The molecule has 0 unspecified atom stereocenters. The van der Waals surface area contributed by atoms with Crippen molar-refractivity contribution in [3.05, 3.63) is 0 Å². The molecule has 1 aliphatic carbocycles. The molecule has 1 saturated carbocycles. The second-order valence-corrected chi connectivity index (χ2v) is 3.68. The minimum absolute atomic E-state index is 0. The van der Waals surface area contributed by atoms with Gasteiger partial charge in [-0.05, 0) is 25.8 Å². The fourth-order valence-corrected chi connectivity index (χ4v) is 1.91. The zero-order chi connectivity index (χ0) is 8.16. The molecule has 0 bridgehead atoms. The highest BCUT2D eigenvalue weighted by atomic mass is 35.5. The molecule has 1 aliphatic rings. The Balaban J connectivity index is 0.00000121. The van der Waals surface area contributed by atoms with E-state index in [4.69, 9.17) is 5.73 Å². The van der Waals surface area contributed by atoms with Crippen molar-refractivity contribution in [2.45, 2.75) is 50.5 Å². The maximum absolute atomic E-state index is 9.97. The lowest BCUT2D eigenvalue weighted by Crippen LogP contribution is -2.30. The molecule has 0 atom stereocenters. The van der Waals surface area contributed by atoms with Crippen molar-refractivity contribution in [1.82, 2.24) is 0 Å². The molecule has 0 aromatic carbocycles. The van der Waals surface area contributed by atoms with Crippen molar-refractivity contribution >= 4 is 12.4 Å². The zero-order valence-electron chi connectivity index (χ0n) is 7.59. The number of nitrogens with two attached hydrogens (primary N) is 1. The summed E-state index contributed by atoms with van der Waals surface area (Å²) in [5, 5.41) is 9.97. The van der Waals surface area contributed by atoms with E-state index in [1.54, 1.807) is 0 Å². The van der Waals surface area contributed by atoms with Crippen molar-refractivity contribution in [3.63, 3.8) is 0 Å². The average Bonchev–Trinajstić information content (AvgIpc) is 2.15. The third-order valence-electron chi connectivity index (χ3n) is 2.64. The molecule has 0 saturated heterocycles. The number of aliphatic hydroxyl groups is 1. The molecule has 0 amide bonds. The van der Waals surface area contributed by atoms with Crippen LogP contribution in [-0.4, -0.2) is 17.3 Å². The Labute approximate surface area is 80.9 Å². The van der Waals surface area contributed by atoms with E-state index >= 15 is 0 Å². The van der Waals surface area contributed by atoms with Crippen LogP contribution in [0.5, 0.6) is 0 Å². The van der Waals surface area contributed by atoms with Crippen LogP contribution < -0.4 is 5.73 Å². The second kappa shape index (κ2) is 5.79. The fraction of sp³-hybridized carbons (Fsp3) is 1.00. The van der Waals surface area contributed by atoms with Gasteiger partial charge in [0, 0.05) is 0 Å². The Kier molecular flexibility index (Phi) is 5.89. The minimum Gasteiger partial charge on any atom is -0.390 e. The molecule has 1 fully saturated rings. The van der Waals surface area contributed by atoms with Crippen LogP contribution in [0, 0.1) is 0 Å². The van der Waals surface area contributed by atoms with Gasteiger partial charge in [-0.2, -0.15) is 0 Å². The van der Waals surface area contributed by atoms with Crippen LogP contribution in [-0.2, 0) is 0 Å². The Morgan fingerprint density at radius 3 is 2.00 bits per heavy atom. The zero-order valence-corrected chi connectivity index (χ0v) is 8.41. The van der Waals surface area contributed by atoms with E-state index in [9.17, 15) is 5.11 Å². The number of halogens is 1. The van der Waals surface area contributed by atoms with Crippen LogP contribution in [0.25, 0.3) is 0 Å². The largest absolute Gasteiger partial charge is 0.390 e. The predicted octanol–water partition coefficient (Wildman–Crippen LogP) is 1.84. The second-order valence-electron chi connectivity index (χ2n) is 3.68. The maximum Gasteiger partial charge on any atom is 0.0659 e. The van der Waals surface area contributed by atoms with Gasteiger partial charge in [-0.15, -0.1) is 12.4 Å². The smallest absolute Gasteiger partial charge is 0.0659 e. The Morgan fingerprint density at radius 2 is 1.58 bits per heavy atom. The van der Waals surface area contributed by atoms with Gasteiger partial charge < -0.3 is 10.8 Å². The summed E-state index contributed by atoms with van der Waals surface area (Å²) in [7, 11) is 0. The lowest BCUT2D eigenvalue weighted by molar-refractivity contribution is 0.0189. The van der Waals surface area contributed by atoms with Crippen molar-refractivity contribution in [2.24, 2.45) is 5.73 Å². The van der Waals surface area contributed by atoms with Gasteiger partial charge in [0.1, 0.15) is 0 Å². The predicted molar refractivity (Wildman–Crippen MR) is 53.6 cm³/mol. The summed E-state index contributed by atoms with van der Waals surface area (Å²) >= 11 is 0. The first-order valence-electron chi connectivity index (χ1n) is 4.69. The Bertz CT molecular complexity index is 111. The molecule has 12 heavy (non-hydrogen) atoms. The molecule has 3 heteroatoms. The monoisotopic (exact) mass is 193 g/mol. The summed E-state index contributed by atoms with van der Waals surface area (Å²) in [6.45, 7) is 0.622. The highest BCUT2D eigenvalue weighted by Gasteiger charge is 2.26. The number of hydrogen-bond donors (Lipinski definition) is 2. The van der Waals surface area contributed by atoms with Gasteiger partial charge in [-0.25, -0.2) is 0 Å². The van der Waals surface area contributed by atoms with E-state index in [-0.39, 0.29) is 12.4 Å². The van der Waals surface area contributed by atoms with Gasteiger partial charge in [-0.3, -0.25) is 0 Å². The molecule has 74 valence electrons. The molecule has 1 rings (SSSR count). The summed E-state index contributed by atoms with van der Waals surface area (Å²) in [6, 6.07) is 0. The highest BCUT2D eigenvalue weighted by molar-refractivity contribution is 5.85. The number of hydrogen-bond acceptors (Lipinski definition) is 2. The molecule has 0 aliphatic heterocycles. The van der Waals surface area contributed by atoms with Gasteiger partial charge in [0.05, 0.1) is 5.60 Å². The maximum atomic E-state index is 9.97. The van der Waals surface area contributed by atoms with Gasteiger partial charge in [-0.1, -0.05) is 25.7 Å².